The van der Waals surface area contributed by atoms with Gasteiger partial charge in [-0.15, -0.1) is 13.2 Å². The smallest absolute Gasteiger partial charge is 0.342 e. The number of amides is 1. The third-order valence-corrected chi connectivity index (χ3v) is 4.76. The molecule has 13 heteroatoms. The van der Waals surface area contributed by atoms with Crippen LogP contribution in [0.4, 0.5) is 26.3 Å². The summed E-state index contributed by atoms with van der Waals surface area (Å²) < 4.78 is 78.1. The molecule has 3 aromatic rings. The topological polar surface area (TPSA) is 77.6 Å². The van der Waals surface area contributed by atoms with E-state index in [4.69, 9.17) is 0 Å². The highest BCUT2D eigenvalue weighted by Crippen LogP contribution is 2.33. The second-order valence-corrected chi connectivity index (χ2v) is 6.89. The predicted octanol–water partition coefficient (Wildman–Crippen LogP) is 3.90. The van der Waals surface area contributed by atoms with Gasteiger partial charge in [0.1, 0.15) is 11.4 Å². The van der Waals surface area contributed by atoms with Crippen LogP contribution < -0.4 is 5.32 Å². The van der Waals surface area contributed by atoms with E-state index in [2.05, 4.69) is 20.5 Å². The number of aromatic nitrogens is 5. The maximum Gasteiger partial charge on any atom is 0.504 e. The van der Waals surface area contributed by atoms with E-state index in [1.165, 1.54) is 6.07 Å². The third kappa shape index (κ3) is 4.25. The van der Waals surface area contributed by atoms with Crippen LogP contribution in [0.5, 0.6) is 0 Å². The van der Waals surface area contributed by atoms with Gasteiger partial charge in [0.25, 0.3) is 5.91 Å². The van der Waals surface area contributed by atoms with Gasteiger partial charge in [-0.3, -0.25) is 14.5 Å². The molecule has 0 aliphatic carbocycles. The Morgan fingerprint density at radius 3 is 2.55 bits per heavy atom. The van der Waals surface area contributed by atoms with Gasteiger partial charge in [0, 0.05) is 24.5 Å². The van der Waals surface area contributed by atoms with E-state index < -0.39 is 35.8 Å². The number of hydrogen-bond acceptors (Lipinski definition) is 4. The predicted molar refractivity (Wildman–Crippen MR) is 93.4 cm³/mol. The van der Waals surface area contributed by atoms with Crippen molar-refractivity contribution in [2.24, 2.45) is 0 Å². The van der Waals surface area contributed by atoms with E-state index in [9.17, 15) is 31.1 Å². The molecule has 0 bridgehead atoms. The Bertz CT molecular complexity index is 1120. The number of hydrogen-bond donors (Lipinski definition) is 1. The monoisotopic (exact) mass is 444 g/mol. The van der Waals surface area contributed by atoms with Gasteiger partial charge in [-0.25, -0.2) is 0 Å². The average Bonchev–Trinajstić information content (AvgIpc) is 3.35. The molecule has 4 heterocycles. The van der Waals surface area contributed by atoms with Crippen molar-refractivity contribution >= 4 is 5.91 Å². The molecule has 1 atom stereocenters. The summed E-state index contributed by atoms with van der Waals surface area (Å²) in [6, 6.07) is 4.19. The number of aryl methyl sites for hydroxylation is 1. The fourth-order valence-electron chi connectivity index (χ4n) is 3.33. The van der Waals surface area contributed by atoms with Crippen LogP contribution in [-0.2, 0) is 19.0 Å². The summed E-state index contributed by atoms with van der Waals surface area (Å²) in [7, 11) is 0. The van der Waals surface area contributed by atoms with Crippen molar-refractivity contribution in [2.45, 2.75) is 37.9 Å². The van der Waals surface area contributed by atoms with Crippen LogP contribution in [-0.4, -0.2) is 30.5 Å². The average molecular weight is 444 g/mol. The normalized spacial score (nSPS) is 16.8. The lowest BCUT2D eigenvalue weighted by Gasteiger charge is -2.24. The lowest BCUT2D eigenvalue weighted by Crippen LogP contribution is -2.33. The van der Waals surface area contributed by atoms with Gasteiger partial charge in [-0.05, 0) is 37.1 Å². The summed E-state index contributed by atoms with van der Waals surface area (Å²) >= 11 is 0. The first-order valence-corrected chi connectivity index (χ1v) is 9.07. The molecule has 0 spiro atoms. The molecular weight excluding hydrogens is 430 g/mol. The summed E-state index contributed by atoms with van der Waals surface area (Å²) in [6.45, 7) is 0.488. The van der Waals surface area contributed by atoms with E-state index >= 15 is 0 Å². The van der Waals surface area contributed by atoms with Crippen molar-refractivity contribution in [3.63, 3.8) is 0 Å². The third-order valence-electron chi connectivity index (χ3n) is 4.76. The molecule has 7 nitrogen and oxygen atoms in total. The van der Waals surface area contributed by atoms with Crippen molar-refractivity contribution in [2.75, 3.05) is 0 Å². The second kappa shape index (κ2) is 7.39. The Morgan fingerprint density at radius 1 is 1.10 bits per heavy atom. The van der Waals surface area contributed by atoms with E-state index in [0.29, 0.717) is 31.3 Å². The number of fused-ring (bicyclic) bond motifs is 1. The standard InChI is InChI=1S/C18H14F6N6O/c19-17(20,21)15-8-10(3-5-25-15)13-9-14-11(2-1-6-29(14)27-13)26-16(31)12-4-7-30(28-12)18(22,23)24/h3-5,7-9,11H,1-2,6H2,(H,26,31). The van der Waals surface area contributed by atoms with Crippen LogP contribution in [0.15, 0.2) is 36.7 Å². The molecule has 0 saturated carbocycles. The van der Waals surface area contributed by atoms with Gasteiger partial charge in [0.05, 0.1) is 17.4 Å². The van der Waals surface area contributed by atoms with Crippen LogP contribution in [0.3, 0.4) is 0 Å². The minimum Gasteiger partial charge on any atom is -0.342 e. The van der Waals surface area contributed by atoms with Crippen molar-refractivity contribution < 1.29 is 31.1 Å². The molecule has 1 N–H and O–H groups in total. The molecule has 1 amide bonds. The zero-order valence-corrected chi connectivity index (χ0v) is 15.6. The quantitative estimate of drug-likeness (QED) is 0.622. The maximum atomic E-state index is 12.9. The summed E-state index contributed by atoms with van der Waals surface area (Å²) in [6.07, 6.45) is -6.57. The van der Waals surface area contributed by atoms with Crippen LogP contribution in [0, 0.1) is 0 Å². The van der Waals surface area contributed by atoms with Crippen molar-refractivity contribution in [1.82, 2.24) is 29.9 Å². The molecule has 0 radical (unpaired) electrons. The molecule has 164 valence electrons. The van der Waals surface area contributed by atoms with E-state index in [1.807, 2.05) is 0 Å². The van der Waals surface area contributed by atoms with Crippen molar-refractivity contribution in [1.29, 1.82) is 0 Å². The number of rotatable bonds is 3. The first kappa shape index (κ1) is 20.9. The number of halogens is 6. The van der Waals surface area contributed by atoms with Crippen molar-refractivity contribution in [3.05, 3.63) is 53.7 Å². The SMILES string of the molecule is O=C(NC1CCCn2nc(-c3ccnc(C(F)(F)F)c3)cc21)c1ccn(C(F)(F)F)n1. The first-order valence-electron chi connectivity index (χ1n) is 9.07. The number of nitrogens with one attached hydrogen (secondary N) is 1. The highest BCUT2D eigenvalue weighted by Gasteiger charge is 2.34. The fraction of sp³-hybridized carbons (Fsp3) is 0.333. The van der Waals surface area contributed by atoms with Gasteiger partial charge in [0.2, 0.25) is 0 Å². The summed E-state index contributed by atoms with van der Waals surface area (Å²) in [5.41, 5.74) is -0.446. The van der Waals surface area contributed by atoms with Gasteiger partial charge in [-0.1, -0.05) is 0 Å². The van der Waals surface area contributed by atoms with Crippen LogP contribution in [0.2, 0.25) is 0 Å². The Kier molecular flexibility index (Phi) is 4.98. The molecule has 4 rings (SSSR count). The number of alkyl halides is 6. The number of carbonyl (C=O) groups excluding carboxylic acids is 1. The molecule has 0 fully saturated rings. The lowest BCUT2D eigenvalue weighted by atomic mass is 10.0. The molecule has 1 unspecified atom stereocenters. The first-order chi connectivity index (χ1) is 14.5. The van der Waals surface area contributed by atoms with E-state index in [0.717, 1.165) is 18.3 Å². The van der Waals surface area contributed by atoms with Gasteiger partial charge < -0.3 is 5.32 Å². The van der Waals surface area contributed by atoms with Crippen LogP contribution >= 0.6 is 0 Å². The molecule has 1 aliphatic rings. The highest BCUT2D eigenvalue weighted by atomic mass is 19.4. The zero-order valence-electron chi connectivity index (χ0n) is 15.6. The highest BCUT2D eigenvalue weighted by molar-refractivity contribution is 5.92. The number of nitrogens with zero attached hydrogens (tertiary/aromatic N) is 5. The Labute approximate surface area is 170 Å². The molecule has 3 aromatic heterocycles. The zero-order chi connectivity index (χ0) is 22.4. The molecular formula is C18H14F6N6O. The van der Waals surface area contributed by atoms with Crippen LogP contribution in [0.1, 0.15) is 40.8 Å². The molecule has 1 aliphatic heterocycles. The van der Waals surface area contributed by atoms with E-state index in [-0.39, 0.29) is 15.9 Å². The van der Waals surface area contributed by atoms with Gasteiger partial charge >= 0.3 is 12.5 Å². The van der Waals surface area contributed by atoms with Gasteiger partial charge in [0.15, 0.2) is 0 Å². The lowest BCUT2D eigenvalue weighted by molar-refractivity contribution is -0.212. The Hall–Kier alpha value is -3.38. The largest absolute Gasteiger partial charge is 0.504 e. The number of carbonyl (C=O) groups is 1. The minimum atomic E-state index is -4.74. The van der Waals surface area contributed by atoms with Crippen LogP contribution in [0.25, 0.3) is 11.3 Å². The molecule has 0 aromatic carbocycles. The number of pyridine rings is 1. The summed E-state index contributed by atoms with van der Waals surface area (Å²) in [5, 5.41) is 10.2. The molecule has 31 heavy (non-hydrogen) atoms. The summed E-state index contributed by atoms with van der Waals surface area (Å²) in [4.78, 5) is 15.7. The van der Waals surface area contributed by atoms with E-state index in [1.54, 1.807) is 10.7 Å². The molecule has 0 saturated heterocycles. The minimum absolute atomic E-state index is 0.207. The summed E-state index contributed by atoms with van der Waals surface area (Å²) in [5.74, 6) is -0.799. The van der Waals surface area contributed by atoms with Gasteiger partial charge in [-0.2, -0.15) is 28.1 Å². The Balaban J connectivity index is 1.57. The Morgan fingerprint density at radius 2 is 1.87 bits per heavy atom. The van der Waals surface area contributed by atoms with Crippen molar-refractivity contribution in [3.8, 4) is 11.3 Å². The second-order valence-electron chi connectivity index (χ2n) is 6.89. The fourth-order valence-corrected chi connectivity index (χ4v) is 3.33. The maximum absolute atomic E-state index is 12.9.